The zero-order valence-corrected chi connectivity index (χ0v) is 14.1. The van der Waals surface area contributed by atoms with Crippen LogP contribution in [-0.4, -0.2) is 39.9 Å². The number of ether oxygens (including phenoxy) is 2. The summed E-state index contributed by atoms with van der Waals surface area (Å²) in [7, 11) is 2.94. The number of pyridine rings is 2. The summed E-state index contributed by atoms with van der Waals surface area (Å²) in [4.78, 5) is 21.0. The van der Waals surface area contributed by atoms with Gasteiger partial charge in [0.1, 0.15) is 11.4 Å². The van der Waals surface area contributed by atoms with Crippen molar-refractivity contribution in [2.75, 3.05) is 19.5 Å². The number of anilines is 1. The summed E-state index contributed by atoms with van der Waals surface area (Å²) < 4.78 is 11.8. The lowest BCUT2D eigenvalue weighted by atomic mass is 10.2. The number of rotatable bonds is 5. The van der Waals surface area contributed by atoms with Gasteiger partial charge in [-0.15, -0.1) is 0 Å². The van der Waals surface area contributed by atoms with Gasteiger partial charge in [-0.25, -0.2) is 4.98 Å². The van der Waals surface area contributed by atoms with Gasteiger partial charge in [-0.3, -0.25) is 4.79 Å². The molecule has 0 atom stereocenters. The summed E-state index contributed by atoms with van der Waals surface area (Å²) in [6.07, 6.45) is 1.66. The van der Waals surface area contributed by atoms with Crippen molar-refractivity contribution in [1.82, 2.24) is 19.7 Å². The van der Waals surface area contributed by atoms with Crippen molar-refractivity contribution in [3.05, 3.63) is 53.9 Å². The molecule has 25 heavy (non-hydrogen) atoms. The number of amides is 1. The van der Waals surface area contributed by atoms with Crippen molar-refractivity contribution in [3.63, 3.8) is 0 Å². The highest BCUT2D eigenvalue weighted by molar-refractivity contribution is 6.05. The van der Waals surface area contributed by atoms with Crippen LogP contribution in [0.15, 0.2) is 42.6 Å². The van der Waals surface area contributed by atoms with Gasteiger partial charge in [0.05, 0.1) is 19.9 Å². The van der Waals surface area contributed by atoms with E-state index in [4.69, 9.17) is 9.47 Å². The molecule has 0 unspecified atom stereocenters. The smallest absolute Gasteiger partial charge is 0.262 e. The number of aryl methyl sites for hydroxylation is 1. The van der Waals surface area contributed by atoms with Gasteiger partial charge < -0.3 is 14.8 Å². The number of nitrogens with zero attached hydrogens (tertiary/aromatic N) is 4. The highest BCUT2D eigenvalue weighted by atomic mass is 16.5. The maximum Gasteiger partial charge on any atom is 0.262 e. The van der Waals surface area contributed by atoms with E-state index >= 15 is 0 Å². The molecule has 8 heteroatoms. The minimum Gasteiger partial charge on any atom is -0.481 e. The van der Waals surface area contributed by atoms with E-state index in [-0.39, 0.29) is 17.4 Å². The van der Waals surface area contributed by atoms with E-state index in [1.165, 1.54) is 14.2 Å². The van der Waals surface area contributed by atoms with E-state index in [0.29, 0.717) is 17.5 Å². The second-order valence-corrected chi connectivity index (χ2v) is 5.14. The van der Waals surface area contributed by atoms with Crippen LogP contribution >= 0.6 is 0 Å². The number of aromatic nitrogens is 4. The number of hydrogen-bond donors (Lipinski definition) is 1. The van der Waals surface area contributed by atoms with Crippen molar-refractivity contribution < 1.29 is 14.3 Å². The largest absolute Gasteiger partial charge is 0.481 e. The van der Waals surface area contributed by atoms with Gasteiger partial charge in [-0.2, -0.15) is 14.8 Å². The highest BCUT2D eigenvalue weighted by Gasteiger charge is 2.18. The molecule has 0 saturated heterocycles. The van der Waals surface area contributed by atoms with Gasteiger partial charge in [0.25, 0.3) is 5.91 Å². The lowest BCUT2D eigenvalue weighted by molar-refractivity contribution is 0.102. The first kappa shape index (κ1) is 16.4. The lowest BCUT2D eigenvalue weighted by Crippen LogP contribution is -2.17. The van der Waals surface area contributed by atoms with Crippen molar-refractivity contribution in [2.45, 2.75) is 6.92 Å². The van der Waals surface area contributed by atoms with Crippen LogP contribution in [0.4, 0.5) is 5.82 Å². The van der Waals surface area contributed by atoms with Crippen LogP contribution in [0.25, 0.3) is 5.82 Å². The summed E-state index contributed by atoms with van der Waals surface area (Å²) >= 11 is 0. The van der Waals surface area contributed by atoms with Gasteiger partial charge in [0, 0.05) is 18.3 Å². The molecule has 8 nitrogen and oxygen atoms in total. The minimum absolute atomic E-state index is 0.178. The molecule has 0 aliphatic carbocycles. The maximum atomic E-state index is 12.7. The molecule has 0 fully saturated rings. The highest BCUT2D eigenvalue weighted by Crippen LogP contribution is 2.22. The molecule has 0 bridgehead atoms. The first-order chi connectivity index (χ1) is 12.1. The van der Waals surface area contributed by atoms with E-state index in [1.807, 2.05) is 19.1 Å². The normalized spacial score (nSPS) is 10.4. The summed E-state index contributed by atoms with van der Waals surface area (Å²) in [6, 6.07) is 10.4. The SMILES string of the molecule is COc1ccc(C(=O)Nc2cc(C)nn2-c2ccccn2)c(OC)n1. The summed E-state index contributed by atoms with van der Waals surface area (Å²) in [5.41, 5.74) is 1.04. The van der Waals surface area contributed by atoms with Crippen LogP contribution in [0.3, 0.4) is 0 Å². The quantitative estimate of drug-likeness (QED) is 0.766. The Morgan fingerprint density at radius 3 is 2.68 bits per heavy atom. The van der Waals surface area contributed by atoms with Crippen molar-refractivity contribution in [1.29, 1.82) is 0 Å². The van der Waals surface area contributed by atoms with Crippen LogP contribution in [0.2, 0.25) is 0 Å². The number of nitrogens with one attached hydrogen (secondary N) is 1. The monoisotopic (exact) mass is 339 g/mol. The van der Waals surface area contributed by atoms with E-state index in [0.717, 1.165) is 5.69 Å². The molecule has 0 aliphatic heterocycles. The fraction of sp³-hybridized carbons (Fsp3) is 0.176. The van der Waals surface area contributed by atoms with Gasteiger partial charge in [-0.05, 0) is 25.1 Å². The van der Waals surface area contributed by atoms with Crippen LogP contribution in [-0.2, 0) is 0 Å². The molecule has 3 aromatic heterocycles. The molecule has 1 amide bonds. The zero-order valence-electron chi connectivity index (χ0n) is 14.1. The van der Waals surface area contributed by atoms with E-state index in [9.17, 15) is 4.79 Å². The maximum absolute atomic E-state index is 12.7. The predicted octanol–water partition coefficient (Wildman–Crippen LogP) is 2.24. The fourth-order valence-electron chi connectivity index (χ4n) is 2.29. The van der Waals surface area contributed by atoms with Crippen LogP contribution in [0, 0.1) is 6.92 Å². The van der Waals surface area contributed by atoms with Gasteiger partial charge in [0.15, 0.2) is 5.82 Å². The molecule has 0 radical (unpaired) electrons. The first-order valence-corrected chi connectivity index (χ1v) is 7.51. The Morgan fingerprint density at radius 2 is 2.00 bits per heavy atom. The fourth-order valence-corrected chi connectivity index (χ4v) is 2.29. The van der Waals surface area contributed by atoms with E-state index < -0.39 is 0 Å². The lowest BCUT2D eigenvalue weighted by Gasteiger charge is -2.10. The van der Waals surface area contributed by atoms with E-state index in [2.05, 4.69) is 20.4 Å². The van der Waals surface area contributed by atoms with Crippen LogP contribution < -0.4 is 14.8 Å². The molecule has 0 saturated carbocycles. The Hall–Kier alpha value is -3.42. The summed E-state index contributed by atoms with van der Waals surface area (Å²) in [5.74, 6) is 1.27. The Morgan fingerprint density at radius 1 is 1.16 bits per heavy atom. The van der Waals surface area contributed by atoms with Crippen LogP contribution in [0.5, 0.6) is 11.8 Å². The average Bonchev–Trinajstić information content (AvgIpc) is 3.01. The molecule has 3 aromatic rings. The molecule has 0 aromatic carbocycles. The molecule has 3 heterocycles. The Labute approximate surface area is 144 Å². The third-order valence-electron chi connectivity index (χ3n) is 3.42. The molecule has 128 valence electrons. The molecule has 0 spiro atoms. The number of carbonyl (C=O) groups is 1. The topological polar surface area (TPSA) is 91.2 Å². The molecule has 1 N–H and O–H groups in total. The first-order valence-electron chi connectivity index (χ1n) is 7.51. The van der Waals surface area contributed by atoms with Gasteiger partial charge in [0.2, 0.25) is 11.8 Å². The van der Waals surface area contributed by atoms with Crippen molar-refractivity contribution in [3.8, 4) is 17.6 Å². The van der Waals surface area contributed by atoms with Crippen LogP contribution in [0.1, 0.15) is 16.1 Å². The Kier molecular flexibility index (Phi) is 4.60. The summed E-state index contributed by atoms with van der Waals surface area (Å²) in [5, 5.41) is 7.19. The van der Waals surface area contributed by atoms with E-state index in [1.54, 1.807) is 35.1 Å². The predicted molar refractivity (Wildman–Crippen MR) is 91.4 cm³/mol. The second-order valence-electron chi connectivity index (χ2n) is 5.14. The van der Waals surface area contributed by atoms with Gasteiger partial charge >= 0.3 is 0 Å². The molecule has 3 rings (SSSR count). The molecule has 0 aliphatic rings. The zero-order chi connectivity index (χ0) is 17.8. The standard InChI is InChI=1S/C17H17N5O3/c1-11-10-14(22(21-11)13-6-4-5-9-18-13)19-16(23)12-7-8-15(24-2)20-17(12)25-3/h4-10H,1-3H3,(H,19,23). The summed E-state index contributed by atoms with van der Waals surface area (Å²) in [6.45, 7) is 1.84. The Balaban J connectivity index is 1.92. The van der Waals surface area contributed by atoms with Crippen molar-refractivity contribution in [2.24, 2.45) is 0 Å². The average molecular weight is 339 g/mol. The minimum atomic E-state index is -0.371. The Bertz CT molecular complexity index is 893. The molecular weight excluding hydrogens is 322 g/mol. The van der Waals surface area contributed by atoms with Gasteiger partial charge in [-0.1, -0.05) is 6.07 Å². The van der Waals surface area contributed by atoms with Crippen molar-refractivity contribution >= 4 is 11.7 Å². The third kappa shape index (κ3) is 3.42. The third-order valence-corrected chi connectivity index (χ3v) is 3.42. The number of carbonyl (C=O) groups excluding carboxylic acids is 1. The number of methoxy groups -OCH3 is 2. The molecular formula is C17H17N5O3. The number of hydrogen-bond acceptors (Lipinski definition) is 6. The second kappa shape index (κ2) is 7.00.